The predicted octanol–water partition coefficient (Wildman–Crippen LogP) is 3.25. The van der Waals surface area contributed by atoms with Crippen LogP contribution >= 0.6 is 11.6 Å². The first-order chi connectivity index (χ1) is 14.0. The summed E-state index contributed by atoms with van der Waals surface area (Å²) < 4.78 is 16.2. The maximum atomic E-state index is 12.2. The van der Waals surface area contributed by atoms with Crippen molar-refractivity contribution in [1.82, 2.24) is 5.32 Å². The van der Waals surface area contributed by atoms with E-state index in [0.29, 0.717) is 36.8 Å². The Bertz CT molecular complexity index is 922. The first kappa shape index (κ1) is 19.7. The summed E-state index contributed by atoms with van der Waals surface area (Å²) in [4.78, 5) is 23.9. The van der Waals surface area contributed by atoms with Crippen molar-refractivity contribution < 1.29 is 23.8 Å². The molecular weight excluding hydrogens is 394 g/mol. The SMILES string of the molecule is COC(=O)c1ccc(-c2cc(Cl)cc3c2O[C@@H](CNC(=O)[C@H]2CCOC2)C3)cc1. The van der Waals surface area contributed by atoms with Crippen LogP contribution in [0.2, 0.25) is 5.02 Å². The Hall–Kier alpha value is -2.57. The van der Waals surface area contributed by atoms with Crippen LogP contribution in [0.25, 0.3) is 11.1 Å². The zero-order chi connectivity index (χ0) is 20.4. The molecule has 0 spiro atoms. The van der Waals surface area contributed by atoms with Crippen molar-refractivity contribution in [3.8, 4) is 16.9 Å². The Morgan fingerprint density at radius 2 is 2.03 bits per heavy atom. The fourth-order valence-corrected chi connectivity index (χ4v) is 3.97. The van der Waals surface area contributed by atoms with Gasteiger partial charge >= 0.3 is 5.97 Å². The van der Waals surface area contributed by atoms with Gasteiger partial charge in [0.2, 0.25) is 5.91 Å². The van der Waals surface area contributed by atoms with E-state index in [1.165, 1.54) is 7.11 Å². The molecule has 152 valence electrons. The average molecular weight is 416 g/mol. The Morgan fingerprint density at radius 3 is 2.72 bits per heavy atom. The Morgan fingerprint density at radius 1 is 1.24 bits per heavy atom. The second kappa shape index (κ2) is 8.43. The molecular formula is C22H22ClNO5. The minimum Gasteiger partial charge on any atom is -0.487 e. The smallest absolute Gasteiger partial charge is 0.337 e. The van der Waals surface area contributed by atoms with Gasteiger partial charge in [-0.05, 0) is 36.2 Å². The average Bonchev–Trinajstić information content (AvgIpc) is 3.41. The molecule has 2 aromatic carbocycles. The number of methoxy groups -OCH3 is 1. The van der Waals surface area contributed by atoms with Gasteiger partial charge in [-0.25, -0.2) is 4.79 Å². The van der Waals surface area contributed by atoms with Gasteiger partial charge in [-0.1, -0.05) is 23.7 Å². The van der Waals surface area contributed by atoms with Crippen LogP contribution in [0, 0.1) is 5.92 Å². The molecule has 2 heterocycles. The lowest BCUT2D eigenvalue weighted by Crippen LogP contribution is -2.38. The molecule has 0 saturated carbocycles. The predicted molar refractivity (Wildman–Crippen MR) is 108 cm³/mol. The van der Waals surface area contributed by atoms with Crippen LogP contribution in [0.1, 0.15) is 22.3 Å². The monoisotopic (exact) mass is 415 g/mol. The maximum Gasteiger partial charge on any atom is 0.337 e. The number of ether oxygens (including phenoxy) is 3. The minimum atomic E-state index is -0.382. The molecule has 1 N–H and O–H groups in total. The first-order valence-corrected chi connectivity index (χ1v) is 9.96. The van der Waals surface area contributed by atoms with E-state index < -0.39 is 0 Å². The van der Waals surface area contributed by atoms with Crippen LogP contribution in [0.4, 0.5) is 0 Å². The molecule has 1 saturated heterocycles. The number of amides is 1. The van der Waals surface area contributed by atoms with Crippen LogP contribution in [0.3, 0.4) is 0 Å². The van der Waals surface area contributed by atoms with Gasteiger partial charge in [-0.2, -0.15) is 0 Å². The fourth-order valence-electron chi connectivity index (χ4n) is 3.73. The fraction of sp³-hybridized carbons (Fsp3) is 0.364. The van der Waals surface area contributed by atoms with E-state index in [-0.39, 0.29) is 23.9 Å². The van der Waals surface area contributed by atoms with Crippen molar-refractivity contribution in [3.05, 3.63) is 52.5 Å². The van der Waals surface area contributed by atoms with Gasteiger partial charge in [0.1, 0.15) is 11.9 Å². The van der Waals surface area contributed by atoms with E-state index in [2.05, 4.69) is 5.32 Å². The Kier molecular flexibility index (Phi) is 5.74. The summed E-state index contributed by atoms with van der Waals surface area (Å²) in [5.41, 5.74) is 3.24. The first-order valence-electron chi connectivity index (χ1n) is 9.58. The number of rotatable bonds is 5. The standard InChI is InChI=1S/C22H22ClNO5/c1-27-22(26)14-4-2-13(3-5-14)19-10-17(23)8-16-9-18(29-20(16)19)11-24-21(25)15-6-7-28-12-15/h2-5,8,10,15,18H,6-7,9,11-12H2,1H3,(H,24,25)/t15-,18+/m0/s1. The third-order valence-corrected chi connectivity index (χ3v) is 5.50. The van der Waals surface area contributed by atoms with Gasteiger partial charge < -0.3 is 19.5 Å². The number of esters is 1. The van der Waals surface area contributed by atoms with Crippen LogP contribution in [-0.2, 0) is 20.7 Å². The molecule has 2 aliphatic rings. The largest absolute Gasteiger partial charge is 0.487 e. The van der Waals surface area contributed by atoms with Crippen molar-refractivity contribution >= 4 is 23.5 Å². The molecule has 0 radical (unpaired) electrons. The lowest BCUT2D eigenvalue weighted by molar-refractivity contribution is -0.125. The number of hydrogen-bond donors (Lipinski definition) is 1. The second-order valence-corrected chi connectivity index (χ2v) is 7.70. The van der Waals surface area contributed by atoms with Crippen LogP contribution in [0.5, 0.6) is 5.75 Å². The molecule has 1 amide bonds. The molecule has 0 aliphatic carbocycles. The number of benzene rings is 2. The molecule has 7 heteroatoms. The number of fused-ring (bicyclic) bond motifs is 1. The molecule has 1 fully saturated rings. The van der Waals surface area contributed by atoms with Crippen molar-refractivity contribution in [2.24, 2.45) is 5.92 Å². The topological polar surface area (TPSA) is 73.9 Å². The highest BCUT2D eigenvalue weighted by Crippen LogP contribution is 2.41. The van der Waals surface area contributed by atoms with E-state index in [9.17, 15) is 9.59 Å². The molecule has 4 rings (SSSR count). The Balaban J connectivity index is 1.49. The van der Waals surface area contributed by atoms with Crippen LogP contribution in [-0.4, -0.2) is 44.8 Å². The van der Waals surface area contributed by atoms with Gasteiger partial charge in [-0.15, -0.1) is 0 Å². The number of carbonyl (C=O) groups is 2. The molecule has 0 bridgehead atoms. The molecule has 2 aliphatic heterocycles. The zero-order valence-electron chi connectivity index (χ0n) is 16.1. The third kappa shape index (κ3) is 4.23. The summed E-state index contributed by atoms with van der Waals surface area (Å²) >= 11 is 6.33. The van der Waals surface area contributed by atoms with Crippen molar-refractivity contribution in [2.75, 3.05) is 26.9 Å². The lowest BCUT2D eigenvalue weighted by Gasteiger charge is -2.15. The molecule has 29 heavy (non-hydrogen) atoms. The molecule has 0 aromatic heterocycles. The van der Waals surface area contributed by atoms with Gasteiger partial charge in [0.25, 0.3) is 0 Å². The quantitative estimate of drug-likeness (QED) is 0.759. The molecule has 2 atom stereocenters. The highest BCUT2D eigenvalue weighted by molar-refractivity contribution is 6.31. The highest BCUT2D eigenvalue weighted by atomic mass is 35.5. The van der Waals surface area contributed by atoms with E-state index in [4.69, 9.17) is 25.8 Å². The summed E-state index contributed by atoms with van der Waals surface area (Å²) in [6.45, 7) is 1.56. The maximum absolute atomic E-state index is 12.2. The van der Waals surface area contributed by atoms with Gasteiger partial charge in [-0.3, -0.25) is 4.79 Å². The summed E-state index contributed by atoms with van der Waals surface area (Å²) in [5.74, 6) is 0.326. The van der Waals surface area contributed by atoms with E-state index in [1.54, 1.807) is 12.1 Å². The summed E-state index contributed by atoms with van der Waals surface area (Å²) in [7, 11) is 1.35. The van der Waals surface area contributed by atoms with E-state index in [1.807, 2.05) is 24.3 Å². The second-order valence-electron chi connectivity index (χ2n) is 7.26. The van der Waals surface area contributed by atoms with Crippen molar-refractivity contribution in [3.63, 3.8) is 0 Å². The zero-order valence-corrected chi connectivity index (χ0v) is 16.8. The van der Waals surface area contributed by atoms with Crippen LogP contribution < -0.4 is 10.1 Å². The van der Waals surface area contributed by atoms with Crippen LogP contribution in [0.15, 0.2) is 36.4 Å². The van der Waals surface area contributed by atoms with Gasteiger partial charge in [0.05, 0.1) is 31.7 Å². The molecule has 6 nitrogen and oxygen atoms in total. The lowest BCUT2D eigenvalue weighted by atomic mass is 9.99. The van der Waals surface area contributed by atoms with Gasteiger partial charge in [0.15, 0.2) is 0 Å². The van der Waals surface area contributed by atoms with E-state index in [0.717, 1.165) is 28.9 Å². The number of nitrogens with one attached hydrogen (secondary N) is 1. The third-order valence-electron chi connectivity index (χ3n) is 5.28. The summed E-state index contributed by atoms with van der Waals surface area (Å²) in [5, 5.41) is 3.59. The molecule has 2 aromatic rings. The number of hydrogen-bond acceptors (Lipinski definition) is 5. The normalized spacial score (nSPS) is 20.1. The number of halogens is 1. The van der Waals surface area contributed by atoms with E-state index >= 15 is 0 Å². The highest BCUT2D eigenvalue weighted by Gasteiger charge is 2.29. The summed E-state index contributed by atoms with van der Waals surface area (Å²) in [6.07, 6.45) is 1.28. The van der Waals surface area contributed by atoms with Crippen molar-refractivity contribution in [1.29, 1.82) is 0 Å². The number of carbonyl (C=O) groups excluding carboxylic acids is 2. The summed E-state index contributed by atoms with van der Waals surface area (Å²) in [6, 6.07) is 10.9. The minimum absolute atomic E-state index is 0.0127. The van der Waals surface area contributed by atoms with Gasteiger partial charge in [0, 0.05) is 29.2 Å². The molecule has 0 unspecified atom stereocenters. The Labute approximate surface area is 174 Å². The van der Waals surface area contributed by atoms with Crippen molar-refractivity contribution in [2.45, 2.75) is 18.9 Å².